The van der Waals surface area contributed by atoms with E-state index in [1.54, 1.807) is 6.20 Å². The first kappa shape index (κ1) is 20.8. The molecule has 1 aromatic heterocycles. The Balaban J connectivity index is 1.81. The molecule has 0 saturated carbocycles. The van der Waals surface area contributed by atoms with Crippen molar-refractivity contribution in [2.45, 2.75) is 50.4 Å². The number of H-pyrrole nitrogens is 1. The maximum Gasteiger partial charge on any atom is 0.243 e. The van der Waals surface area contributed by atoms with Gasteiger partial charge in [-0.15, -0.1) is 0 Å². The standard InChI is InChI=1S/C20H27N5O4/c1-11(26)17(18(21)27)25-20(29)16(24-19(28)15-7-4-8-22-15)9-12-10-23-14-6-3-2-5-13(12)14/h2-3,5-6,10-11,15-17,22-23,26H,4,7-9H2,1H3,(H2,21,27)(H,24,28)(H,25,29)/t11-,15+,16+,17+/m1/s1. The summed E-state index contributed by atoms with van der Waals surface area (Å²) < 4.78 is 0. The van der Waals surface area contributed by atoms with Crippen molar-refractivity contribution < 1.29 is 19.5 Å². The molecule has 0 bridgehead atoms. The zero-order chi connectivity index (χ0) is 21.0. The molecule has 3 amide bonds. The molecule has 156 valence electrons. The molecule has 29 heavy (non-hydrogen) atoms. The van der Waals surface area contributed by atoms with E-state index in [4.69, 9.17) is 5.73 Å². The number of nitrogens with two attached hydrogens (primary N) is 1. The van der Waals surface area contributed by atoms with Gasteiger partial charge in [0, 0.05) is 23.5 Å². The van der Waals surface area contributed by atoms with Crippen LogP contribution in [0.5, 0.6) is 0 Å². The average molecular weight is 401 g/mol. The molecule has 4 atom stereocenters. The van der Waals surface area contributed by atoms with Crippen molar-refractivity contribution in [3.05, 3.63) is 36.0 Å². The fourth-order valence-electron chi connectivity index (χ4n) is 3.59. The Morgan fingerprint density at radius 2 is 2.03 bits per heavy atom. The number of rotatable bonds is 8. The number of benzene rings is 1. The quantitative estimate of drug-likeness (QED) is 0.346. The summed E-state index contributed by atoms with van der Waals surface area (Å²) in [5, 5.41) is 19.0. The van der Waals surface area contributed by atoms with Gasteiger partial charge in [0.1, 0.15) is 12.1 Å². The van der Waals surface area contributed by atoms with E-state index >= 15 is 0 Å². The third kappa shape index (κ3) is 4.93. The van der Waals surface area contributed by atoms with Crippen molar-refractivity contribution in [2.75, 3.05) is 6.54 Å². The van der Waals surface area contributed by atoms with Crippen LogP contribution in [0.15, 0.2) is 30.5 Å². The molecule has 9 nitrogen and oxygen atoms in total. The number of aliphatic hydroxyl groups is 1. The molecule has 0 aliphatic carbocycles. The molecule has 1 saturated heterocycles. The van der Waals surface area contributed by atoms with Gasteiger partial charge in [-0.3, -0.25) is 14.4 Å². The molecular weight excluding hydrogens is 374 g/mol. The average Bonchev–Trinajstić information content (AvgIpc) is 3.35. The van der Waals surface area contributed by atoms with Crippen LogP contribution in [0.25, 0.3) is 10.9 Å². The number of primary amides is 1. The second kappa shape index (κ2) is 9.06. The van der Waals surface area contributed by atoms with Crippen molar-refractivity contribution in [1.82, 2.24) is 20.9 Å². The summed E-state index contributed by atoms with van der Waals surface area (Å²) in [7, 11) is 0. The van der Waals surface area contributed by atoms with E-state index in [2.05, 4.69) is 20.9 Å². The van der Waals surface area contributed by atoms with Crippen LogP contribution in [-0.4, -0.2) is 58.6 Å². The number of hydrogen-bond acceptors (Lipinski definition) is 5. The predicted molar refractivity (Wildman–Crippen MR) is 108 cm³/mol. The predicted octanol–water partition coefficient (Wildman–Crippen LogP) is -0.702. The molecule has 9 heteroatoms. The normalized spacial score (nSPS) is 19.4. The van der Waals surface area contributed by atoms with E-state index in [0.717, 1.165) is 29.4 Å². The van der Waals surface area contributed by atoms with E-state index in [0.29, 0.717) is 6.42 Å². The van der Waals surface area contributed by atoms with Gasteiger partial charge >= 0.3 is 0 Å². The summed E-state index contributed by atoms with van der Waals surface area (Å²) in [6.45, 7) is 2.12. The lowest BCUT2D eigenvalue weighted by molar-refractivity contribution is -0.133. The number of aliphatic hydroxyl groups excluding tert-OH is 1. The van der Waals surface area contributed by atoms with Crippen LogP contribution in [0.2, 0.25) is 0 Å². The molecule has 0 unspecified atom stereocenters. The first-order valence-corrected chi connectivity index (χ1v) is 9.73. The van der Waals surface area contributed by atoms with E-state index in [1.807, 2.05) is 24.3 Å². The summed E-state index contributed by atoms with van der Waals surface area (Å²) in [6.07, 6.45) is 2.45. The molecule has 2 heterocycles. The SMILES string of the molecule is C[C@@H](O)[C@H](NC(=O)[C@H](Cc1c[nH]c2ccccc12)NC(=O)[C@@H]1CCCN1)C(N)=O. The van der Waals surface area contributed by atoms with E-state index < -0.39 is 30.0 Å². The van der Waals surface area contributed by atoms with E-state index in [1.165, 1.54) is 6.92 Å². The number of carbonyl (C=O) groups excluding carboxylic acids is 3. The first-order valence-electron chi connectivity index (χ1n) is 9.73. The third-order valence-electron chi connectivity index (χ3n) is 5.20. The number of para-hydroxylation sites is 1. The number of fused-ring (bicyclic) bond motifs is 1. The Labute approximate surface area is 168 Å². The van der Waals surface area contributed by atoms with Crippen LogP contribution >= 0.6 is 0 Å². The molecule has 2 aromatic rings. The van der Waals surface area contributed by atoms with Crippen molar-refractivity contribution in [2.24, 2.45) is 5.73 Å². The van der Waals surface area contributed by atoms with Crippen molar-refractivity contribution in [3.8, 4) is 0 Å². The van der Waals surface area contributed by atoms with Crippen LogP contribution in [0.3, 0.4) is 0 Å². The van der Waals surface area contributed by atoms with E-state index in [-0.39, 0.29) is 18.4 Å². The highest BCUT2D eigenvalue weighted by molar-refractivity contribution is 5.94. The highest BCUT2D eigenvalue weighted by Crippen LogP contribution is 2.19. The van der Waals surface area contributed by atoms with Crippen LogP contribution in [0.4, 0.5) is 0 Å². The maximum atomic E-state index is 12.9. The smallest absolute Gasteiger partial charge is 0.243 e. The molecule has 1 fully saturated rings. The van der Waals surface area contributed by atoms with Gasteiger partial charge in [-0.25, -0.2) is 0 Å². The van der Waals surface area contributed by atoms with Crippen LogP contribution < -0.4 is 21.7 Å². The van der Waals surface area contributed by atoms with Gasteiger partial charge < -0.3 is 31.8 Å². The number of aromatic amines is 1. The summed E-state index contributed by atoms with van der Waals surface area (Å²) in [4.78, 5) is 40.2. The topological polar surface area (TPSA) is 149 Å². The monoisotopic (exact) mass is 401 g/mol. The summed E-state index contributed by atoms with van der Waals surface area (Å²) in [5.41, 5.74) is 7.06. The Hall–Kier alpha value is -2.91. The van der Waals surface area contributed by atoms with Gasteiger partial charge in [-0.05, 0) is 37.9 Å². The minimum atomic E-state index is -1.24. The number of aromatic nitrogens is 1. The lowest BCUT2D eigenvalue weighted by Gasteiger charge is -2.24. The van der Waals surface area contributed by atoms with E-state index in [9.17, 15) is 19.5 Å². The Bertz CT molecular complexity index is 888. The van der Waals surface area contributed by atoms with Gasteiger partial charge in [0.2, 0.25) is 17.7 Å². The second-order valence-corrected chi connectivity index (χ2v) is 7.40. The highest BCUT2D eigenvalue weighted by atomic mass is 16.3. The van der Waals surface area contributed by atoms with Crippen molar-refractivity contribution in [3.63, 3.8) is 0 Å². The molecule has 1 aliphatic heterocycles. The minimum absolute atomic E-state index is 0.222. The Kier molecular flexibility index (Phi) is 6.50. The lowest BCUT2D eigenvalue weighted by atomic mass is 10.0. The van der Waals surface area contributed by atoms with Gasteiger partial charge in [-0.1, -0.05) is 18.2 Å². The van der Waals surface area contributed by atoms with Crippen molar-refractivity contribution >= 4 is 28.6 Å². The highest BCUT2D eigenvalue weighted by Gasteiger charge is 2.31. The molecule has 7 N–H and O–H groups in total. The molecule has 1 aliphatic rings. The molecule has 1 aromatic carbocycles. The molecular formula is C20H27N5O4. The summed E-state index contributed by atoms with van der Waals surface area (Å²) in [5.74, 6) is -1.69. The van der Waals surface area contributed by atoms with Crippen molar-refractivity contribution in [1.29, 1.82) is 0 Å². The largest absolute Gasteiger partial charge is 0.391 e. The Morgan fingerprint density at radius 1 is 1.28 bits per heavy atom. The van der Waals surface area contributed by atoms with Gasteiger partial charge in [-0.2, -0.15) is 0 Å². The minimum Gasteiger partial charge on any atom is -0.391 e. The fraction of sp³-hybridized carbons (Fsp3) is 0.450. The second-order valence-electron chi connectivity index (χ2n) is 7.40. The number of hydrogen-bond donors (Lipinski definition) is 6. The number of carbonyl (C=O) groups is 3. The lowest BCUT2D eigenvalue weighted by Crippen LogP contribution is -2.58. The van der Waals surface area contributed by atoms with Gasteiger partial charge in [0.15, 0.2) is 0 Å². The number of nitrogens with one attached hydrogen (secondary N) is 4. The van der Waals surface area contributed by atoms with Gasteiger partial charge in [0.05, 0.1) is 12.1 Å². The third-order valence-corrected chi connectivity index (χ3v) is 5.20. The van der Waals surface area contributed by atoms with Gasteiger partial charge in [0.25, 0.3) is 0 Å². The maximum absolute atomic E-state index is 12.9. The van der Waals surface area contributed by atoms with Crippen LogP contribution in [0.1, 0.15) is 25.3 Å². The summed E-state index contributed by atoms with van der Waals surface area (Å²) >= 11 is 0. The van der Waals surface area contributed by atoms with Crippen LogP contribution in [0, 0.1) is 0 Å². The summed E-state index contributed by atoms with van der Waals surface area (Å²) in [6, 6.07) is 5.13. The van der Waals surface area contributed by atoms with Crippen LogP contribution in [-0.2, 0) is 20.8 Å². The molecule has 0 spiro atoms. The first-order chi connectivity index (χ1) is 13.9. The fourth-order valence-corrected chi connectivity index (χ4v) is 3.59. The Morgan fingerprint density at radius 3 is 2.69 bits per heavy atom. The molecule has 0 radical (unpaired) electrons. The zero-order valence-corrected chi connectivity index (χ0v) is 16.3. The zero-order valence-electron chi connectivity index (χ0n) is 16.3. The number of amides is 3. The molecule has 3 rings (SSSR count).